The maximum atomic E-state index is 11.0. The van der Waals surface area contributed by atoms with E-state index in [0.29, 0.717) is 5.69 Å². The van der Waals surface area contributed by atoms with Gasteiger partial charge < -0.3 is 4.90 Å². The SMILES string of the molecule is Cc1nnc(/N=C/N(C)C)[nH]c1=O. The zero-order valence-corrected chi connectivity index (χ0v) is 7.77. The fraction of sp³-hybridized carbons (Fsp3) is 0.429. The van der Waals surface area contributed by atoms with Gasteiger partial charge in [0.15, 0.2) is 0 Å². The Balaban J connectivity index is 2.92. The van der Waals surface area contributed by atoms with Crippen LogP contribution in [0.4, 0.5) is 5.95 Å². The van der Waals surface area contributed by atoms with Crippen LogP contribution >= 0.6 is 0 Å². The van der Waals surface area contributed by atoms with Crippen molar-refractivity contribution in [1.82, 2.24) is 20.1 Å². The molecule has 0 saturated carbocycles. The summed E-state index contributed by atoms with van der Waals surface area (Å²) in [6.45, 7) is 1.59. The third kappa shape index (κ3) is 2.66. The van der Waals surface area contributed by atoms with Crippen LogP contribution in [-0.4, -0.2) is 40.5 Å². The van der Waals surface area contributed by atoms with Gasteiger partial charge in [-0.2, -0.15) is 0 Å². The molecule has 6 nitrogen and oxygen atoms in total. The van der Waals surface area contributed by atoms with Gasteiger partial charge in [0.25, 0.3) is 11.5 Å². The Bertz CT molecular complexity index is 367. The second kappa shape index (κ2) is 3.79. The first-order chi connectivity index (χ1) is 6.09. The van der Waals surface area contributed by atoms with E-state index in [0.717, 1.165) is 0 Å². The van der Waals surface area contributed by atoms with Gasteiger partial charge >= 0.3 is 0 Å². The fourth-order valence-corrected chi connectivity index (χ4v) is 0.613. The van der Waals surface area contributed by atoms with Gasteiger partial charge in [-0.25, -0.2) is 4.99 Å². The van der Waals surface area contributed by atoms with Gasteiger partial charge in [-0.3, -0.25) is 9.78 Å². The quantitative estimate of drug-likeness (QED) is 0.502. The lowest BCUT2D eigenvalue weighted by Crippen LogP contribution is -2.13. The number of H-pyrrole nitrogens is 1. The number of hydrogen-bond acceptors (Lipinski definition) is 4. The highest BCUT2D eigenvalue weighted by atomic mass is 16.1. The standard InChI is InChI=1S/C7H11N5O/c1-5-6(13)9-7(11-10-5)8-4-12(2)3/h4H,1-3H3,(H,9,11,13)/b8-4+. The van der Waals surface area contributed by atoms with E-state index in [-0.39, 0.29) is 11.5 Å². The summed E-state index contributed by atoms with van der Waals surface area (Å²) in [6, 6.07) is 0. The molecule has 6 heteroatoms. The van der Waals surface area contributed by atoms with Crippen LogP contribution in [0.5, 0.6) is 0 Å². The first-order valence-corrected chi connectivity index (χ1v) is 3.74. The summed E-state index contributed by atoms with van der Waals surface area (Å²) in [5.41, 5.74) is 0.0738. The van der Waals surface area contributed by atoms with Crippen molar-refractivity contribution in [3.63, 3.8) is 0 Å². The highest BCUT2D eigenvalue weighted by Gasteiger charge is 1.96. The molecular weight excluding hydrogens is 170 g/mol. The van der Waals surface area contributed by atoms with Gasteiger partial charge in [0.2, 0.25) is 0 Å². The number of nitrogens with zero attached hydrogens (tertiary/aromatic N) is 4. The zero-order valence-electron chi connectivity index (χ0n) is 7.77. The summed E-state index contributed by atoms with van der Waals surface area (Å²) in [6.07, 6.45) is 1.54. The summed E-state index contributed by atoms with van der Waals surface area (Å²) in [5.74, 6) is 0.212. The first-order valence-electron chi connectivity index (χ1n) is 3.74. The molecule has 0 bridgehead atoms. The van der Waals surface area contributed by atoms with Crippen LogP contribution in [0.3, 0.4) is 0 Å². The van der Waals surface area contributed by atoms with E-state index in [1.54, 1.807) is 11.8 Å². The van der Waals surface area contributed by atoms with Crippen LogP contribution in [-0.2, 0) is 0 Å². The lowest BCUT2D eigenvalue weighted by atomic mass is 10.5. The summed E-state index contributed by atoms with van der Waals surface area (Å²) in [4.78, 5) is 19.1. The van der Waals surface area contributed by atoms with Crippen LogP contribution in [0.25, 0.3) is 0 Å². The van der Waals surface area contributed by atoms with E-state index >= 15 is 0 Å². The van der Waals surface area contributed by atoms with Crippen LogP contribution in [0, 0.1) is 6.92 Å². The van der Waals surface area contributed by atoms with Gasteiger partial charge in [0.05, 0.1) is 6.34 Å². The van der Waals surface area contributed by atoms with Crippen molar-refractivity contribution < 1.29 is 0 Å². The van der Waals surface area contributed by atoms with Gasteiger partial charge in [-0.1, -0.05) is 0 Å². The van der Waals surface area contributed by atoms with Gasteiger partial charge in [0, 0.05) is 14.1 Å². The number of aromatic amines is 1. The number of nitrogens with one attached hydrogen (secondary N) is 1. The molecule has 0 aliphatic rings. The maximum Gasteiger partial charge on any atom is 0.274 e. The molecule has 13 heavy (non-hydrogen) atoms. The van der Waals surface area contributed by atoms with E-state index in [4.69, 9.17) is 0 Å². The maximum absolute atomic E-state index is 11.0. The van der Waals surface area contributed by atoms with E-state index in [2.05, 4.69) is 20.2 Å². The van der Waals surface area contributed by atoms with Crippen molar-refractivity contribution in [3.05, 3.63) is 16.0 Å². The third-order valence-electron chi connectivity index (χ3n) is 1.26. The Morgan fingerprint density at radius 3 is 2.69 bits per heavy atom. The van der Waals surface area contributed by atoms with Crippen molar-refractivity contribution in [3.8, 4) is 0 Å². The van der Waals surface area contributed by atoms with Gasteiger partial charge in [0.1, 0.15) is 5.69 Å². The molecule has 0 amide bonds. The van der Waals surface area contributed by atoms with Gasteiger partial charge in [-0.15, -0.1) is 10.2 Å². The molecule has 70 valence electrons. The van der Waals surface area contributed by atoms with E-state index in [9.17, 15) is 4.79 Å². The highest BCUT2D eigenvalue weighted by Crippen LogP contribution is 1.94. The molecule has 0 unspecified atom stereocenters. The number of aryl methyl sites for hydroxylation is 1. The summed E-state index contributed by atoms with van der Waals surface area (Å²) >= 11 is 0. The van der Waals surface area contributed by atoms with Crippen LogP contribution < -0.4 is 5.56 Å². The molecule has 1 N–H and O–H groups in total. The monoisotopic (exact) mass is 181 g/mol. The minimum atomic E-state index is -0.263. The Labute approximate surface area is 75.3 Å². The lowest BCUT2D eigenvalue weighted by molar-refractivity contribution is 0.642. The van der Waals surface area contributed by atoms with E-state index < -0.39 is 0 Å². The smallest absolute Gasteiger partial charge is 0.274 e. The average molecular weight is 181 g/mol. The number of rotatable bonds is 2. The topological polar surface area (TPSA) is 74.2 Å². The highest BCUT2D eigenvalue weighted by molar-refractivity contribution is 5.57. The summed E-state index contributed by atoms with van der Waals surface area (Å²) in [7, 11) is 3.65. The molecule has 0 aliphatic heterocycles. The average Bonchev–Trinajstić information content (AvgIpc) is 2.07. The van der Waals surface area contributed by atoms with Crippen molar-refractivity contribution in [2.75, 3.05) is 14.1 Å². The second-order valence-corrected chi connectivity index (χ2v) is 2.77. The van der Waals surface area contributed by atoms with Crippen molar-refractivity contribution >= 4 is 12.3 Å². The molecule has 1 rings (SSSR count). The molecule has 0 fully saturated rings. The molecule has 0 saturated heterocycles. The van der Waals surface area contributed by atoms with Crippen molar-refractivity contribution in [2.45, 2.75) is 6.92 Å². The largest absolute Gasteiger partial charge is 0.369 e. The van der Waals surface area contributed by atoms with E-state index in [1.807, 2.05) is 14.1 Å². The van der Waals surface area contributed by atoms with Crippen molar-refractivity contribution in [2.24, 2.45) is 4.99 Å². The number of aliphatic imine (C=N–C) groups is 1. The van der Waals surface area contributed by atoms with Gasteiger partial charge in [-0.05, 0) is 6.92 Å². The summed E-state index contributed by atoms with van der Waals surface area (Å²) < 4.78 is 0. The normalized spacial score (nSPS) is 10.7. The molecule has 0 aromatic carbocycles. The molecule has 0 aliphatic carbocycles. The van der Waals surface area contributed by atoms with E-state index in [1.165, 1.54) is 6.34 Å². The molecule has 1 aromatic heterocycles. The molecule has 0 atom stereocenters. The Kier molecular flexibility index (Phi) is 2.73. The molecule has 1 heterocycles. The van der Waals surface area contributed by atoms with Crippen LogP contribution in [0.2, 0.25) is 0 Å². The fourth-order valence-electron chi connectivity index (χ4n) is 0.613. The lowest BCUT2D eigenvalue weighted by Gasteiger charge is -2.00. The zero-order chi connectivity index (χ0) is 9.84. The Morgan fingerprint density at radius 1 is 1.46 bits per heavy atom. The van der Waals surface area contributed by atoms with Crippen LogP contribution in [0.15, 0.2) is 9.79 Å². The van der Waals surface area contributed by atoms with Crippen LogP contribution in [0.1, 0.15) is 5.69 Å². The minimum Gasteiger partial charge on any atom is -0.369 e. The molecule has 0 radical (unpaired) electrons. The molecule has 1 aromatic rings. The predicted octanol–water partition coefficient (Wildman–Crippen LogP) is -0.305. The number of aromatic nitrogens is 3. The molecular formula is C7H11N5O. The van der Waals surface area contributed by atoms with Crippen molar-refractivity contribution in [1.29, 1.82) is 0 Å². The summed E-state index contributed by atoms with van der Waals surface area (Å²) in [5, 5.41) is 7.31. The minimum absolute atomic E-state index is 0.212. The predicted molar refractivity (Wildman–Crippen MR) is 49.2 cm³/mol. The number of hydrogen-bond donors (Lipinski definition) is 1. The second-order valence-electron chi connectivity index (χ2n) is 2.77. The Hall–Kier alpha value is -1.72. The Morgan fingerprint density at radius 2 is 2.15 bits per heavy atom. The third-order valence-corrected chi connectivity index (χ3v) is 1.26. The first kappa shape index (κ1) is 9.37. The molecule has 0 spiro atoms.